The Balaban J connectivity index is 1.89. The van der Waals surface area contributed by atoms with Gasteiger partial charge in [0.15, 0.2) is 0 Å². The van der Waals surface area contributed by atoms with Crippen LogP contribution in [0, 0.1) is 5.82 Å². The molecule has 0 spiro atoms. The van der Waals surface area contributed by atoms with Crippen LogP contribution in [0.3, 0.4) is 0 Å². The number of anilines is 1. The monoisotopic (exact) mass is 493 g/mol. The number of ketones is 1. The van der Waals surface area contributed by atoms with Crippen molar-refractivity contribution in [1.29, 1.82) is 0 Å². The van der Waals surface area contributed by atoms with Gasteiger partial charge in [-0.05, 0) is 54.3 Å². The van der Waals surface area contributed by atoms with Gasteiger partial charge in [-0.3, -0.25) is 14.5 Å². The zero-order chi connectivity index (χ0) is 25.1. The van der Waals surface area contributed by atoms with Crippen molar-refractivity contribution in [3.8, 4) is 5.75 Å². The minimum Gasteiger partial charge on any atom is -0.507 e. The highest BCUT2D eigenvalue weighted by atomic mass is 35.5. The summed E-state index contributed by atoms with van der Waals surface area (Å²) < 4.78 is 19.5. The topological polar surface area (TPSA) is 66.8 Å². The van der Waals surface area contributed by atoms with Gasteiger partial charge >= 0.3 is 0 Å². The summed E-state index contributed by atoms with van der Waals surface area (Å²) in [6.45, 7) is 4.51. The van der Waals surface area contributed by atoms with Crippen LogP contribution in [-0.2, 0) is 16.0 Å². The molecule has 180 valence electrons. The molecule has 0 saturated carbocycles. The number of carbonyl (C=O) groups excluding carboxylic acids is 2. The van der Waals surface area contributed by atoms with E-state index in [-0.39, 0.29) is 22.0 Å². The molecule has 0 aromatic heterocycles. The Labute approximate surface area is 208 Å². The molecule has 1 unspecified atom stereocenters. The van der Waals surface area contributed by atoms with Gasteiger partial charge in [-0.2, -0.15) is 0 Å². The molecular weight excluding hydrogens is 469 g/mol. The summed E-state index contributed by atoms with van der Waals surface area (Å²) in [4.78, 5) is 27.8. The number of aliphatic hydroxyl groups is 1. The van der Waals surface area contributed by atoms with Crippen LogP contribution in [0.1, 0.15) is 43.0 Å². The number of halogens is 2. The van der Waals surface area contributed by atoms with E-state index in [0.29, 0.717) is 23.5 Å². The molecule has 0 bridgehead atoms. The Morgan fingerprint density at radius 3 is 2.46 bits per heavy atom. The highest BCUT2D eigenvalue weighted by Crippen LogP contribution is 2.43. The summed E-state index contributed by atoms with van der Waals surface area (Å²) in [5.74, 6) is -2.09. The normalized spacial score (nSPS) is 17.1. The van der Waals surface area contributed by atoms with Crippen LogP contribution in [-0.4, -0.2) is 23.4 Å². The highest BCUT2D eigenvalue weighted by molar-refractivity contribution is 6.51. The second-order valence-electron chi connectivity index (χ2n) is 8.24. The van der Waals surface area contributed by atoms with Crippen molar-refractivity contribution in [3.63, 3.8) is 0 Å². The second kappa shape index (κ2) is 10.3. The largest absolute Gasteiger partial charge is 0.507 e. The maximum atomic E-state index is 13.9. The fourth-order valence-electron chi connectivity index (χ4n) is 4.09. The first-order valence-corrected chi connectivity index (χ1v) is 11.8. The van der Waals surface area contributed by atoms with E-state index in [0.717, 1.165) is 24.5 Å². The first-order valence-electron chi connectivity index (χ1n) is 11.4. The van der Waals surface area contributed by atoms with E-state index in [1.54, 1.807) is 24.3 Å². The molecule has 1 amide bonds. The van der Waals surface area contributed by atoms with Gasteiger partial charge in [0.05, 0.1) is 23.2 Å². The van der Waals surface area contributed by atoms with Crippen molar-refractivity contribution in [1.82, 2.24) is 0 Å². The van der Waals surface area contributed by atoms with Gasteiger partial charge in [0.1, 0.15) is 17.3 Å². The van der Waals surface area contributed by atoms with Crippen molar-refractivity contribution >= 4 is 34.7 Å². The molecule has 0 radical (unpaired) electrons. The van der Waals surface area contributed by atoms with Crippen LogP contribution < -0.4 is 9.64 Å². The molecule has 3 aromatic carbocycles. The van der Waals surface area contributed by atoms with Crippen molar-refractivity contribution < 1.29 is 23.8 Å². The Bertz CT molecular complexity index is 1300. The quantitative estimate of drug-likeness (QED) is 0.233. The maximum absolute atomic E-state index is 13.9. The average Bonchev–Trinajstić information content (AvgIpc) is 3.14. The lowest BCUT2D eigenvalue weighted by Gasteiger charge is -2.26. The number of aryl methyl sites for hydroxylation is 1. The highest BCUT2D eigenvalue weighted by Gasteiger charge is 2.47. The van der Waals surface area contributed by atoms with Crippen molar-refractivity contribution in [2.24, 2.45) is 0 Å². The molecule has 5 nitrogen and oxygen atoms in total. The molecule has 1 atom stereocenters. The van der Waals surface area contributed by atoms with Gasteiger partial charge < -0.3 is 9.84 Å². The fraction of sp³-hybridized carbons (Fsp3) is 0.214. The third-order valence-corrected chi connectivity index (χ3v) is 6.20. The van der Waals surface area contributed by atoms with Crippen LogP contribution in [0.2, 0.25) is 5.02 Å². The Morgan fingerprint density at radius 1 is 1.06 bits per heavy atom. The molecule has 3 aromatic rings. The van der Waals surface area contributed by atoms with Gasteiger partial charge in [-0.25, -0.2) is 4.39 Å². The molecule has 35 heavy (non-hydrogen) atoms. The molecule has 1 fully saturated rings. The molecule has 0 aliphatic carbocycles. The van der Waals surface area contributed by atoms with Crippen molar-refractivity contribution in [3.05, 3.63) is 99.8 Å². The van der Waals surface area contributed by atoms with E-state index in [1.165, 1.54) is 17.0 Å². The summed E-state index contributed by atoms with van der Waals surface area (Å²) in [6.07, 6.45) is 1.63. The number of ether oxygens (including phenoxy) is 1. The van der Waals surface area contributed by atoms with Crippen molar-refractivity contribution in [2.45, 2.75) is 32.7 Å². The Morgan fingerprint density at radius 2 is 1.80 bits per heavy atom. The molecule has 1 N–H and O–H groups in total. The predicted molar refractivity (Wildman–Crippen MR) is 134 cm³/mol. The average molecular weight is 494 g/mol. The number of aliphatic hydroxyl groups excluding tert-OH is 1. The molecule has 1 aliphatic heterocycles. The van der Waals surface area contributed by atoms with E-state index >= 15 is 0 Å². The van der Waals surface area contributed by atoms with E-state index < -0.39 is 23.5 Å². The number of carbonyl (C=O) groups is 2. The molecular formula is C28H25ClFNO4. The van der Waals surface area contributed by atoms with Gasteiger partial charge in [-0.15, -0.1) is 0 Å². The number of benzene rings is 3. The predicted octanol–water partition coefficient (Wildman–Crippen LogP) is 6.46. The first-order chi connectivity index (χ1) is 16.8. The zero-order valence-corrected chi connectivity index (χ0v) is 20.2. The third-order valence-electron chi connectivity index (χ3n) is 5.91. The van der Waals surface area contributed by atoms with Crippen LogP contribution in [0.15, 0.2) is 72.3 Å². The first kappa shape index (κ1) is 24.5. The summed E-state index contributed by atoms with van der Waals surface area (Å²) in [6, 6.07) is 17.1. The number of hydrogen-bond acceptors (Lipinski definition) is 4. The minimum absolute atomic E-state index is 0.0627. The van der Waals surface area contributed by atoms with E-state index in [1.807, 2.05) is 38.1 Å². The van der Waals surface area contributed by atoms with Crippen LogP contribution in [0.25, 0.3) is 5.76 Å². The third kappa shape index (κ3) is 4.80. The van der Waals surface area contributed by atoms with Gasteiger partial charge in [-0.1, -0.05) is 61.8 Å². The molecule has 7 heteroatoms. The molecule has 1 aliphatic rings. The summed E-state index contributed by atoms with van der Waals surface area (Å²) >= 11 is 5.99. The molecule has 1 heterocycles. The van der Waals surface area contributed by atoms with Crippen LogP contribution in [0.4, 0.5) is 10.1 Å². The van der Waals surface area contributed by atoms with Gasteiger partial charge in [0.25, 0.3) is 11.7 Å². The van der Waals surface area contributed by atoms with E-state index in [9.17, 15) is 19.1 Å². The van der Waals surface area contributed by atoms with Gasteiger partial charge in [0, 0.05) is 11.3 Å². The standard InChI is InChI=1S/C28H25ClFNO4/c1-3-14-35-21-7-5-6-19(15-21)26(32)24-25(18-10-8-17(4-2)9-11-18)31(28(34)27(24)33)20-12-13-23(30)22(29)16-20/h5-13,15-16,25,32H,3-4,14H2,1-2H3/b26-24+. The number of nitrogens with zero attached hydrogens (tertiary/aromatic N) is 1. The summed E-state index contributed by atoms with van der Waals surface area (Å²) in [5.41, 5.74) is 2.25. The molecule has 4 rings (SSSR count). The number of amides is 1. The van der Waals surface area contributed by atoms with E-state index in [2.05, 4.69) is 0 Å². The van der Waals surface area contributed by atoms with Crippen molar-refractivity contribution in [2.75, 3.05) is 11.5 Å². The maximum Gasteiger partial charge on any atom is 0.300 e. The lowest BCUT2D eigenvalue weighted by Crippen LogP contribution is -2.29. The number of rotatable bonds is 7. The fourth-order valence-corrected chi connectivity index (χ4v) is 4.27. The lowest BCUT2D eigenvalue weighted by atomic mass is 9.94. The summed E-state index contributed by atoms with van der Waals surface area (Å²) in [5, 5.41) is 11.1. The van der Waals surface area contributed by atoms with Crippen LogP contribution in [0.5, 0.6) is 5.75 Å². The van der Waals surface area contributed by atoms with Gasteiger partial charge in [0.2, 0.25) is 0 Å². The Hall–Kier alpha value is -3.64. The lowest BCUT2D eigenvalue weighted by molar-refractivity contribution is -0.132. The molecule has 1 saturated heterocycles. The van der Waals surface area contributed by atoms with E-state index in [4.69, 9.17) is 16.3 Å². The minimum atomic E-state index is -0.928. The zero-order valence-electron chi connectivity index (χ0n) is 19.4. The second-order valence-corrected chi connectivity index (χ2v) is 8.65. The smallest absolute Gasteiger partial charge is 0.300 e. The van der Waals surface area contributed by atoms with Crippen LogP contribution >= 0.6 is 11.6 Å². The Kier molecular flexibility index (Phi) is 7.22. The number of Topliss-reactive ketones (excluding diaryl/α,β-unsaturated/α-hetero) is 1. The number of hydrogen-bond donors (Lipinski definition) is 1. The summed E-state index contributed by atoms with van der Waals surface area (Å²) in [7, 11) is 0. The SMILES string of the molecule is CCCOc1cccc(/C(O)=C2\C(=O)C(=O)N(c3ccc(F)c(Cl)c3)C2c2ccc(CC)cc2)c1.